The molecule has 156 valence electrons. The van der Waals surface area contributed by atoms with Crippen LogP contribution in [0.4, 0.5) is 0 Å². The first-order valence-electron chi connectivity index (χ1n) is 9.96. The summed E-state index contributed by atoms with van der Waals surface area (Å²) in [4.78, 5) is 25.6. The number of aliphatic hydroxyl groups is 1. The van der Waals surface area contributed by atoms with Crippen LogP contribution in [0.3, 0.4) is 0 Å². The summed E-state index contributed by atoms with van der Waals surface area (Å²) in [5.41, 5.74) is 14.0. The van der Waals surface area contributed by atoms with E-state index >= 15 is 0 Å². The van der Waals surface area contributed by atoms with Gasteiger partial charge in [0.15, 0.2) is 5.78 Å². The monoisotopic (exact) mass is 397 g/mol. The maximum atomic E-state index is 13.1. The van der Waals surface area contributed by atoms with Gasteiger partial charge >= 0.3 is 0 Å². The van der Waals surface area contributed by atoms with E-state index in [9.17, 15) is 14.7 Å². The largest absolute Gasteiger partial charge is 0.382 e. The molecule has 6 heteroatoms. The molecule has 0 heterocycles. The molecule has 1 amide bonds. The summed E-state index contributed by atoms with van der Waals surface area (Å²) in [7, 11) is 0. The third kappa shape index (κ3) is 5.97. The van der Waals surface area contributed by atoms with Gasteiger partial charge in [0.2, 0.25) is 0 Å². The van der Waals surface area contributed by atoms with E-state index in [2.05, 4.69) is 5.32 Å². The smallest absolute Gasteiger partial charge is 0.250 e. The zero-order valence-corrected chi connectivity index (χ0v) is 17.0. The van der Waals surface area contributed by atoms with Crippen LogP contribution in [0, 0.1) is 5.92 Å². The van der Waals surface area contributed by atoms with Gasteiger partial charge in [-0.3, -0.25) is 9.59 Å². The minimum atomic E-state index is -1.54. The second-order valence-electron chi connectivity index (χ2n) is 7.43. The molecule has 0 aliphatic carbocycles. The number of aliphatic hydroxyl groups excluding tert-OH is 1. The summed E-state index contributed by atoms with van der Waals surface area (Å²) in [5.74, 6) is -1.80. The molecule has 0 saturated carbocycles. The molecule has 29 heavy (non-hydrogen) atoms. The number of rotatable bonds is 10. The Balaban J connectivity index is 2.18. The Labute approximate surface area is 172 Å². The van der Waals surface area contributed by atoms with E-state index in [-0.39, 0.29) is 18.2 Å². The standard InChI is InChI=1S/C23H31N3O3/c1-3-15(2)19(24)21(27)18(17-12-8-5-9-13-17)20(25)22(28)23(29)26-14-16-10-6-4-7-11-16/h4-13,15,18-20,22,28H,3,14,24-25H2,1-2H3,(H,26,29)/t15-,18?,19-,20-,22+/m0/s1. The van der Waals surface area contributed by atoms with Crippen molar-refractivity contribution in [2.75, 3.05) is 0 Å². The van der Waals surface area contributed by atoms with Crippen molar-refractivity contribution in [3.63, 3.8) is 0 Å². The third-order valence-electron chi connectivity index (χ3n) is 5.38. The van der Waals surface area contributed by atoms with E-state index in [4.69, 9.17) is 11.5 Å². The number of hydrogen-bond acceptors (Lipinski definition) is 5. The molecule has 2 aromatic carbocycles. The predicted octanol–water partition coefficient (Wildman–Crippen LogP) is 1.72. The number of Topliss-reactive ketones (excluding diaryl/α,β-unsaturated/α-hetero) is 1. The van der Waals surface area contributed by atoms with Crippen molar-refractivity contribution in [2.24, 2.45) is 17.4 Å². The fourth-order valence-electron chi connectivity index (χ4n) is 3.22. The summed E-state index contributed by atoms with van der Waals surface area (Å²) >= 11 is 0. The first-order chi connectivity index (χ1) is 13.9. The van der Waals surface area contributed by atoms with Gasteiger partial charge in [-0.25, -0.2) is 0 Å². The highest BCUT2D eigenvalue weighted by atomic mass is 16.3. The highest BCUT2D eigenvalue weighted by Crippen LogP contribution is 2.25. The van der Waals surface area contributed by atoms with Gasteiger partial charge in [0.1, 0.15) is 6.10 Å². The Hall–Kier alpha value is -2.54. The maximum absolute atomic E-state index is 13.1. The molecule has 0 bridgehead atoms. The summed E-state index contributed by atoms with van der Waals surface area (Å²) in [6.07, 6.45) is -0.805. The lowest BCUT2D eigenvalue weighted by molar-refractivity contribution is -0.132. The maximum Gasteiger partial charge on any atom is 0.250 e. The van der Waals surface area contributed by atoms with Crippen molar-refractivity contribution in [2.45, 2.75) is 50.9 Å². The second kappa shape index (κ2) is 10.9. The minimum absolute atomic E-state index is 0.0371. The van der Waals surface area contributed by atoms with Crippen molar-refractivity contribution < 1.29 is 14.7 Å². The summed E-state index contributed by atoms with van der Waals surface area (Å²) in [6.45, 7) is 4.13. The SMILES string of the molecule is CC[C@H](C)[C@H](N)C(=O)C(c1ccccc1)[C@H](N)[C@@H](O)C(=O)NCc1ccccc1. The molecule has 6 nitrogen and oxygen atoms in total. The summed E-state index contributed by atoms with van der Waals surface area (Å²) < 4.78 is 0. The van der Waals surface area contributed by atoms with Crippen molar-refractivity contribution in [3.05, 3.63) is 71.8 Å². The van der Waals surface area contributed by atoms with Gasteiger partial charge in [-0.05, 0) is 17.0 Å². The third-order valence-corrected chi connectivity index (χ3v) is 5.38. The molecular weight excluding hydrogens is 366 g/mol. The molecule has 5 atom stereocenters. The first kappa shape index (κ1) is 22.7. The van der Waals surface area contributed by atoms with E-state index in [0.717, 1.165) is 12.0 Å². The Bertz CT molecular complexity index is 782. The lowest BCUT2D eigenvalue weighted by atomic mass is 9.79. The Morgan fingerprint density at radius 3 is 2.10 bits per heavy atom. The summed E-state index contributed by atoms with van der Waals surface area (Å²) in [6, 6.07) is 16.4. The lowest BCUT2D eigenvalue weighted by Crippen LogP contribution is -2.53. The predicted molar refractivity (Wildman–Crippen MR) is 114 cm³/mol. The Kier molecular flexibility index (Phi) is 8.51. The fraction of sp³-hybridized carbons (Fsp3) is 0.391. The van der Waals surface area contributed by atoms with Crippen LogP contribution in [0.15, 0.2) is 60.7 Å². The van der Waals surface area contributed by atoms with E-state index in [0.29, 0.717) is 5.56 Å². The molecule has 0 aliphatic rings. The molecule has 0 fully saturated rings. The fourth-order valence-corrected chi connectivity index (χ4v) is 3.22. The molecule has 1 unspecified atom stereocenters. The second-order valence-corrected chi connectivity index (χ2v) is 7.43. The molecule has 0 radical (unpaired) electrons. The molecule has 0 saturated heterocycles. The van der Waals surface area contributed by atoms with E-state index in [1.165, 1.54) is 0 Å². The molecule has 0 spiro atoms. The van der Waals surface area contributed by atoms with Crippen LogP contribution in [0.1, 0.15) is 37.3 Å². The zero-order chi connectivity index (χ0) is 21.4. The van der Waals surface area contributed by atoms with Crippen LogP contribution in [0.5, 0.6) is 0 Å². The summed E-state index contributed by atoms with van der Waals surface area (Å²) in [5, 5.41) is 13.3. The van der Waals surface area contributed by atoms with E-state index < -0.39 is 30.0 Å². The van der Waals surface area contributed by atoms with Crippen molar-refractivity contribution in [3.8, 4) is 0 Å². The van der Waals surface area contributed by atoms with Crippen molar-refractivity contribution >= 4 is 11.7 Å². The molecule has 0 aromatic heterocycles. The molecular formula is C23H31N3O3. The van der Waals surface area contributed by atoms with Gasteiger partial charge in [0, 0.05) is 6.54 Å². The average molecular weight is 398 g/mol. The zero-order valence-electron chi connectivity index (χ0n) is 17.0. The number of benzene rings is 2. The number of carbonyl (C=O) groups is 2. The number of hydrogen-bond donors (Lipinski definition) is 4. The van der Waals surface area contributed by atoms with Crippen LogP contribution in [-0.2, 0) is 16.1 Å². The van der Waals surface area contributed by atoms with Gasteiger partial charge in [0.05, 0.1) is 18.0 Å². The van der Waals surface area contributed by atoms with Gasteiger partial charge in [-0.1, -0.05) is 80.9 Å². The van der Waals surface area contributed by atoms with E-state index in [1.54, 1.807) is 24.3 Å². The Morgan fingerprint density at radius 2 is 1.55 bits per heavy atom. The molecule has 2 aromatic rings. The van der Waals surface area contributed by atoms with Gasteiger partial charge in [0.25, 0.3) is 5.91 Å². The number of nitrogens with two attached hydrogens (primary N) is 2. The quantitative estimate of drug-likeness (QED) is 0.487. The Morgan fingerprint density at radius 1 is 1.00 bits per heavy atom. The lowest BCUT2D eigenvalue weighted by Gasteiger charge is -2.30. The van der Waals surface area contributed by atoms with Crippen LogP contribution in [0.2, 0.25) is 0 Å². The molecule has 0 aliphatic heterocycles. The van der Waals surface area contributed by atoms with Crippen molar-refractivity contribution in [1.29, 1.82) is 0 Å². The number of amides is 1. The first-order valence-corrected chi connectivity index (χ1v) is 9.96. The van der Waals surface area contributed by atoms with Crippen molar-refractivity contribution in [1.82, 2.24) is 5.32 Å². The number of ketones is 1. The topological polar surface area (TPSA) is 118 Å². The van der Waals surface area contributed by atoms with Crippen LogP contribution in [-0.4, -0.2) is 35.0 Å². The highest BCUT2D eigenvalue weighted by Gasteiger charge is 2.38. The van der Waals surface area contributed by atoms with Crippen LogP contribution in [0.25, 0.3) is 0 Å². The normalized spacial score (nSPS) is 16.3. The van der Waals surface area contributed by atoms with Gasteiger partial charge < -0.3 is 21.9 Å². The molecule has 6 N–H and O–H groups in total. The van der Waals surface area contributed by atoms with Crippen LogP contribution >= 0.6 is 0 Å². The average Bonchev–Trinajstić information content (AvgIpc) is 2.77. The highest BCUT2D eigenvalue weighted by molar-refractivity contribution is 5.92. The van der Waals surface area contributed by atoms with E-state index in [1.807, 2.05) is 50.2 Å². The van der Waals surface area contributed by atoms with Crippen LogP contribution < -0.4 is 16.8 Å². The number of carbonyl (C=O) groups excluding carboxylic acids is 2. The number of nitrogens with one attached hydrogen (secondary N) is 1. The minimum Gasteiger partial charge on any atom is -0.382 e. The molecule has 2 rings (SSSR count). The van der Waals surface area contributed by atoms with Gasteiger partial charge in [-0.2, -0.15) is 0 Å². The van der Waals surface area contributed by atoms with Gasteiger partial charge in [-0.15, -0.1) is 0 Å².